The monoisotopic (exact) mass is 269 g/mol. The molecule has 0 aliphatic rings. The summed E-state index contributed by atoms with van der Waals surface area (Å²) >= 11 is 0. The molecule has 0 atom stereocenters. The van der Waals surface area contributed by atoms with Crippen molar-refractivity contribution in [1.82, 2.24) is 9.97 Å². The SMILES string of the molecule is Cc1cc(Oc2c(C)cc(C#N)cc2C)nc(NN)n1. The van der Waals surface area contributed by atoms with Crippen molar-refractivity contribution in [3.63, 3.8) is 0 Å². The van der Waals surface area contributed by atoms with Gasteiger partial charge in [0.25, 0.3) is 0 Å². The number of benzene rings is 1. The second-order valence-corrected chi connectivity index (χ2v) is 4.47. The van der Waals surface area contributed by atoms with Gasteiger partial charge in [-0.25, -0.2) is 10.8 Å². The topological polar surface area (TPSA) is 96.8 Å². The molecule has 20 heavy (non-hydrogen) atoms. The number of nitrogens with two attached hydrogens (primary N) is 1. The van der Waals surface area contributed by atoms with Crippen molar-refractivity contribution in [3.05, 3.63) is 40.6 Å². The molecular weight excluding hydrogens is 254 g/mol. The molecule has 0 bridgehead atoms. The Morgan fingerprint density at radius 2 is 1.80 bits per heavy atom. The van der Waals surface area contributed by atoms with Gasteiger partial charge in [-0.15, -0.1) is 0 Å². The number of rotatable bonds is 3. The molecule has 1 heterocycles. The van der Waals surface area contributed by atoms with Gasteiger partial charge >= 0.3 is 0 Å². The highest BCUT2D eigenvalue weighted by molar-refractivity contribution is 5.48. The largest absolute Gasteiger partial charge is 0.438 e. The summed E-state index contributed by atoms with van der Waals surface area (Å²) < 4.78 is 5.81. The molecular formula is C14H15N5O. The molecule has 0 saturated heterocycles. The summed E-state index contributed by atoms with van der Waals surface area (Å²) in [7, 11) is 0. The molecule has 0 fully saturated rings. The first-order chi connectivity index (χ1) is 9.53. The summed E-state index contributed by atoms with van der Waals surface area (Å²) in [6, 6.07) is 7.39. The van der Waals surface area contributed by atoms with E-state index >= 15 is 0 Å². The van der Waals surface area contributed by atoms with E-state index in [2.05, 4.69) is 21.5 Å². The predicted octanol–water partition coefficient (Wildman–Crippen LogP) is 2.35. The smallest absolute Gasteiger partial charge is 0.240 e. The maximum atomic E-state index is 8.94. The van der Waals surface area contributed by atoms with Crippen molar-refractivity contribution >= 4 is 5.95 Å². The fourth-order valence-corrected chi connectivity index (χ4v) is 1.94. The lowest BCUT2D eigenvalue weighted by molar-refractivity contribution is 0.454. The van der Waals surface area contributed by atoms with Crippen molar-refractivity contribution in [2.45, 2.75) is 20.8 Å². The maximum absolute atomic E-state index is 8.94. The number of anilines is 1. The van der Waals surface area contributed by atoms with Crippen LogP contribution in [0.25, 0.3) is 0 Å². The first kappa shape index (κ1) is 13.8. The summed E-state index contributed by atoms with van der Waals surface area (Å²) in [5, 5.41) is 8.94. The average Bonchev–Trinajstić information content (AvgIpc) is 2.41. The minimum absolute atomic E-state index is 0.295. The first-order valence-corrected chi connectivity index (χ1v) is 6.05. The van der Waals surface area contributed by atoms with Gasteiger partial charge < -0.3 is 4.74 Å². The lowest BCUT2D eigenvalue weighted by Gasteiger charge is -2.12. The third-order valence-electron chi connectivity index (χ3n) is 2.76. The second-order valence-electron chi connectivity index (χ2n) is 4.47. The van der Waals surface area contributed by atoms with Crippen LogP contribution in [0.2, 0.25) is 0 Å². The van der Waals surface area contributed by atoms with E-state index in [1.807, 2.05) is 20.8 Å². The van der Waals surface area contributed by atoms with Gasteiger partial charge in [0.05, 0.1) is 11.6 Å². The summed E-state index contributed by atoms with van der Waals surface area (Å²) in [6.07, 6.45) is 0. The molecule has 6 nitrogen and oxygen atoms in total. The standard InChI is InChI=1S/C14H15N5O/c1-8-4-11(7-15)5-9(2)13(8)20-12-6-10(3)17-14(18-12)19-16/h4-6H,16H2,1-3H3,(H,17,18,19). The Labute approximate surface area is 117 Å². The van der Waals surface area contributed by atoms with Crippen LogP contribution in [0.4, 0.5) is 5.95 Å². The Kier molecular flexibility index (Phi) is 3.82. The van der Waals surface area contributed by atoms with Crippen LogP contribution in [0.15, 0.2) is 18.2 Å². The van der Waals surface area contributed by atoms with E-state index < -0.39 is 0 Å². The number of hydrogen-bond acceptors (Lipinski definition) is 6. The number of nitrogens with zero attached hydrogens (tertiary/aromatic N) is 3. The van der Waals surface area contributed by atoms with Crippen LogP contribution in [-0.4, -0.2) is 9.97 Å². The van der Waals surface area contributed by atoms with Gasteiger partial charge in [0.2, 0.25) is 11.8 Å². The van der Waals surface area contributed by atoms with Crippen LogP contribution >= 0.6 is 0 Å². The lowest BCUT2D eigenvalue weighted by Crippen LogP contribution is -2.11. The van der Waals surface area contributed by atoms with Crippen molar-refractivity contribution in [3.8, 4) is 17.7 Å². The van der Waals surface area contributed by atoms with Crippen LogP contribution in [-0.2, 0) is 0 Å². The van der Waals surface area contributed by atoms with Crippen molar-refractivity contribution in [2.75, 3.05) is 5.43 Å². The number of nitrogen functional groups attached to an aromatic ring is 1. The van der Waals surface area contributed by atoms with E-state index in [0.717, 1.165) is 16.8 Å². The van der Waals surface area contributed by atoms with Gasteiger partial charge in [0, 0.05) is 11.8 Å². The number of hydrazine groups is 1. The molecule has 1 aromatic heterocycles. The fourth-order valence-electron chi connectivity index (χ4n) is 1.94. The lowest BCUT2D eigenvalue weighted by atomic mass is 10.1. The molecule has 3 N–H and O–H groups in total. The van der Waals surface area contributed by atoms with E-state index in [0.29, 0.717) is 23.1 Å². The first-order valence-electron chi connectivity index (χ1n) is 6.05. The van der Waals surface area contributed by atoms with Gasteiger partial charge in [0.1, 0.15) is 5.75 Å². The molecule has 102 valence electrons. The summed E-state index contributed by atoms with van der Waals surface area (Å²) in [4.78, 5) is 8.23. The normalized spacial score (nSPS) is 9.95. The highest BCUT2D eigenvalue weighted by Crippen LogP contribution is 2.29. The van der Waals surface area contributed by atoms with Crippen molar-refractivity contribution < 1.29 is 4.74 Å². The number of nitriles is 1. The zero-order valence-electron chi connectivity index (χ0n) is 11.6. The molecule has 1 aromatic carbocycles. The number of nitrogens with one attached hydrogen (secondary N) is 1. The number of ether oxygens (including phenoxy) is 1. The maximum Gasteiger partial charge on any atom is 0.240 e. The highest BCUT2D eigenvalue weighted by Gasteiger charge is 2.10. The Hall–Kier alpha value is -2.65. The van der Waals surface area contributed by atoms with E-state index in [9.17, 15) is 0 Å². The quantitative estimate of drug-likeness (QED) is 0.655. The van der Waals surface area contributed by atoms with Gasteiger partial charge in [-0.2, -0.15) is 10.2 Å². The van der Waals surface area contributed by atoms with Crippen molar-refractivity contribution in [2.24, 2.45) is 5.84 Å². The Morgan fingerprint density at radius 1 is 1.15 bits per heavy atom. The average molecular weight is 269 g/mol. The second kappa shape index (κ2) is 5.55. The predicted molar refractivity (Wildman–Crippen MR) is 75.3 cm³/mol. The van der Waals surface area contributed by atoms with Gasteiger partial charge in [-0.1, -0.05) is 0 Å². The molecule has 0 aliphatic carbocycles. The number of aromatic nitrogens is 2. The molecule has 6 heteroatoms. The Bertz CT molecular complexity index is 667. The Morgan fingerprint density at radius 3 is 2.35 bits per heavy atom. The number of aryl methyl sites for hydroxylation is 3. The van der Waals surface area contributed by atoms with E-state index in [1.54, 1.807) is 18.2 Å². The molecule has 2 rings (SSSR count). The van der Waals surface area contributed by atoms with Gasteiger partial charge in [0.15, 0.2) is 0 Å². The Balaban J connectivity index is 2.40. The molecule has 2 aromatic rings. The van der Waals surface area contributed by atoms with Gasteiger partial charge in [-0.3, -0.25) is 5.43 Å². The van der Waals surface area contributed by atoms with Crippen LogP contribution in [0.1, 0.15) is 22.4 Å². The van der Waals surface area contributed by atoms with E-state index in [-0.39, 0.29) is 0 Å². The molecule has 0 aliphatic heterocycles. The number of hydrogen-bond donors (Lipinski definition) is 2. The van der Waals surface area contributed by atoms with Gasteiger partial charge in [-0.05, 0) is 44.0 Å². The minimum Gasteiger partial charge on any atom is -0.438 e. The highest BCUT2D eigenvalue weighted by atomic mass is 16.5. The van der Waals surface area contributed by atoms with Crippen LogP contribution in [0, 0.1) is 32.1 Å². The van der Waals surface area contributed by atoms with E-state index in [4.69, 9.17) is 15.8 Å². The van der Waals surface area contributed by atoms with Crippen LogP contribution in [0.5, 0.6) is 11.6 Å². The van der Waals surface area contributed by atoms with Crippen LogP contribution in [0.3, 0.4) is 0 Å². The fraction of sp³-hybridized carbons (Fsp3) is 0.214. The zero-order chi connectivity index (χ0) is 14.7. The minimum atomic E-state index is 0.295. The summed E-state index contributed by atoms with van der Waals surface area (Å²) in [6.45, 7) is 5.60. The van der Waals surface area contributed by atoms with Crippen LogP contribution < -0.4 is 16.0 Å². The zero-order valence-corrected chi connectivity index (χ0v) is 11.6. The molecule has 0 unspecified atom stereocenters. The van der Waals surface area contributed by atoms with E-state index in [1.165, 1.54) is 0 Å². The summed E-state index contributed by atoms with van der Waals surface area (Å²) in [5.41, 5.74) is 5.50. The molecule has 0 amide bonds. The summed E-state index contributed by atoms with van der Waals surface area (Å²) in [5.74, 6) is 6.70. The third kappa shape index (κ3) is 2.84. The molecule has 0 radical (unpaired) electrons. The third-order valence-corrected chi connectivity index (χ3v) is 2.76. The molecule has 0 saturated carbocycles. The van der Waals surface area contributed by atoms with Crippen molar-refractivity contribution in [1.29, 1.82) is 5.26 Å². The molecule has 0 spiro atoms.